The van der Waals surface area contributed by atoms with E-state index >= 15 is 0 Å². The van der Waals surface area contributed by atoms with Crippen LogP contribution in [0, 0.1) is 0 Å². The van der Waals surface area contributed by atoms with E-state index in [0.29, 0.717) is 28.8 Å². The summed E-state index contributed by atoms with van der Waals surface area (Å²) < 4.78 is 16.0. The second kappa shape index (κ2) is 9.77. The Bertz CT molecular complexity index is 752. The van der Waals surface area contributed by atoms with Gasteiger partial charge in [-0.2, -0.15) is 0 Å². The van der Waals surface area contributed by atoms with E-state index in [2.05, 4.69) is 10.6 Å². The highest BCUT2D eigenvalue weighted by molar-refractivity contribution is 6.32. The maximum absolute atomic E-state index is 12.2. The van der Waals surface area contributed by atoms with Gasteiger partial charge in [-0.25, -0.2) is 0 Å². The highest BCUT2D eigenvalue weighted by Crippen LogP contribution is 2.35. The zero-order valence-electron chi connectivity index (χ0n) is 15.1. The van der Waals surface area contributed by atoms with Crippen molar-refractivity contribution in [3.8, 4) is 17.2 Å². The summed E-state index contributed by atoms with van der Waals surface area (Å²) in [6, 6.07) is 10.7. The zero-order valence-corrected chi connectivity index (χ0v) is 15.9. The number of carbonyl (C=O) groups is 1. The molecule has 2 rings (SSSR count). The van der Waals surface area contributed by atoms with E-state index in [4.69, 9.17) is 25.8 Å². The molecule has 0 aliphatic carbocycles. The Hall–Kier alpha value is -2.60. The van der Waals surface area contributed by atoms with Gasteiger partial charge in [0.25, 0.3) is 0 Å². The first-order chi connectivity index (χ1) is 12.6. The summed E-state index contributed by atoms with van der Waals surface area (Å²) in [5.41, 5.74) is 1.28. The molecule has 2 aromatic rings. The lowest BCUT2D eigenvalue weighted by molar-refractivity contribution is -0.114. The standard InChI is InChI=1S/C19H23ClN2O4/c1-4-8-26-14-7-5-6-13(9-14)21-12-19(23)22-16-10-15(20)17(24-2)11-18(16)25-3/h5-7,9-11,21H,4,8,12H2,1-3H3,(H,22,23). The van der Waals surface area contributed by atoms with Crippen LogP contribution in [-0.4, -0.2) is 33.3 Å². The summed E-state index contributed by atoms with van der Waals surface area (Å²) in [7, 11) is 3.03. The van der Waals surface area contributed by atoms with E-state index in [-0.39, 0.29) is 12.5 Å². The molecule has 7 heteroatoms. The van der Waals surface area contributed by atoms with Crippen LogP contribution >= 0.6 is 11.6 Å². The number of hydrogen-bond donors (Lipinski definition) is 2. The number of hydrogen-bond acceptors (Lipinski definition) is 5. The average Bonchev–Trinajstić information content (AvgIpc) is 2.65. The lowest BCUT2D eigenvalue weighted by Crippen LogP contribution is -2.22. The maximum Gasteiger partial charge on any atom is 0.243 e. The number of amides is 1. The van der Waals surface area contributed by atoms with Gasteiger partial charge in [0.1, 0.15) is 17.2 Å². The fourth-order valence-corrected chi connectivity index (χ4v) is 2.49. The molecule has 0 aliphatic rings. The summed E-state index contributed by atoms with van der Waals surface area (Å²) in [4.78, 5) is 12.2. The lowest BCUT2D eigenvalue weighted by Gasteiger charge is -2.14. The van der Waals surface area contributed by atoms with Crippen LogP contribution < -0.4 is 24.8 Å². The molecular weight excluding hydrogens is 356 g/mol. The van der Waals surface area contributed by atoms with Crippen molar-refractivity contribution in [1.29, 1.82) is 0 Å². The van der Waals surface area contributed by atoms with Crippen molar-refractivity contribution in [2.24, 2.45) is 0 Å². The SMILES string of the molecule is CCCOc1cccc(NCC(=O)Nc2cc(Cl)c(OC)cc2OC)c1. The number of rotatable bonds is 9. The Morgan fingerprint density at radius 2 is 1.88 bits per heavy atom. The Kier molecular flexibility index (Phi) is 7.41. The summed E-state index contributed by atoms with van der Waals surface area (Å²) in [6.07, 6.45) is 0.937. The summed E-state index contributed by atoms with van der Waals surface area (Å²) >= 11 is 6.11. The van der Waals surface area contributed by atoms with Gasteiger partial charge in [-0.1, -0.05) is 24.6 Å². The van der Waals surface area contributed by atoms with Crippen LogP contribution in [0.2, 0.25) is 5.02 Å². The number of halogens is 1. The largest absolute Gasteiger partial charge is 0.495 e. The van der Waals surface area contributed by atoms with Gasteiger partial charge >= 0.3 is 0 Å². The van der Waals surface area contributed by atoms with Crippen LogP contribution in [0.3, 0.4) is 0 Å². The van der Waals surface area contributed by atoms with Gasteiger partial charge in [-0.15, -0.1) is 0 Å². The van der Waals surface area contributed by atoms with Crippen molar-refractivity contribution in [2.45, 2.75) is 13.3 Å². The number of anilines is 2. The van der Waals surface area contributed by atoms with Crippen LogP contribution in [-0.2, 0) is 4.79 Å². The van der Waals surface area contributed by atoms with Crippen molar-refractivity contribution in [2.75, 3.05) is 38.0 Å². The van der Waals surface area contributed by atoms with Crippen LogP contribution in [0.25, 0.3) is 0 Å². The first-order valence-electron chi connectivity index (χ1n) is 8.25. The van der Waals surface area contributed by atoms with Gasteiger partial charge in [0.2, 0.25) is 5.91 Å². The smallest absolute Gasteiger partial charge is 0.243 e. The van der Waals surface area contributed by atoms with Crippen molar-refractivity contribution < 1.29 is 19.0 Å². The van der Waals surface area contributed by atoms with E-state index in [0.717, 1.165) is 17.9 Å². The summed E-state index contributed by atoms with van der Waals surface area (Å²) in [5, 5.41) is 6.23. The van der Waals surface area contributed by atoms with Crippen molar-refractivity contribution >= 4 is 28.9 Å². The van der Waals surface area contributed by atoms with E-state index in [1.165, 1.54) is 14.2 Å². The van der Waals surface area contributed by atoms with Gasteiger partial charge in [0.05, 0.1) is 38.1 Å². The molecule has 140 valence electrons. The molecule has 2 N–H and O–H groups in total. The second-order valence-corrected chi connectivity index (χ2v) is 5.87. The van der Waals surface area contributed by atoms with Crippen LogP contribution in [0.1, 0.15) is 13.3 Å². The first-order valence-corrected chi connectivity index (χ1v) is 8.63. The van der Waals surface area contributed by atoms with Crippen LogP contribution in [0.4, 0.5) is 11.4 Å². The third-order valence-corrected chi connectivity index (χ3v) is 3.80. The Morgan fingerprint density at radius 1 is 1.12 bits per heavy atom. The topological polar surface area (TPSA) is 68.8 Å². The molecule has 0 aromatic heterocycles. The molecule has 1 amide bonds. The first kappa shape index (κ1) is 19.7. The van der Waals surface area contributed by atoms with E-state index in [1.54, 1.807) is 12.1 Å². The van der Waals surface area contributed by atoms with Crippen molar-refractivity contribution in [3.05, 3.63) is 41.4 Å². The van der Waals surface area contributed by atoms with Crippen LogP contribution in [0.5, 0.6) is 17.2 Å². The lowest BCUT2D eigenvalue weighted by atomic mass is 10.2. The second-order valence-electron chi connectivity index (χ2n) is 5.47. The highest BCUT2D eigenvalue weighted by Gasteiger charge is 2.12. The number of benzene rings is 2. The fourth-order valence-electron chi connectivity index (χ4n) is 2.25. The predicted octanol–water partition coefficient (Wildman–Crippen LogP) is 4.20. The van der Waals surface area contributed by atoms with Gasteiger partial charge in [0, 0.05) is 17.8 Å². The minimum atomic E-state index is -0.232. The van der Waals surface area contributed by atoms with Crippen molar-refractivity contribution in [1.82, 2.24) is 0 Å². The normalized spacial score (nSPS) is 10.2. The van der Waals surface area contributed by atoms with Gasteiger partial charge in [-0.05, 0) is 24.6 Å². The number of carbonyl (C=O) groups excluding carboxylic acids is 1. The summed E-state index contributed by atoms with van der Waals surface area (Å²) in [5.74, 6) is 1.48. The molecule has 0 aliphatic heterocycles. The summed E-state index contributed by atoms with van der Waals surface area (Å²) in [6.45, 7) is 2.79. The number of nitrogens with one attached hydrogen (secondary N) is 2. The number of ether oxygens (including phenoxy) is 3. The molecule has 0 radical (unpaired) electrons. The van der Waals surface area contributed by atoms with Gasteiger partial charge < -0.3 is 24.8 Å². The molecule has 0 saturated carbocycles. The molecular formula is C19H23ClN2O4. The molecule has 6 nitrogen and oxygen atoms in total. The third kappa shape index (κ3) is 5.46. The molecule has 0 atom stereocenters. The molecule has 0 heterocycles. The number of methoxy groups -OCH3 is 2. The van der Waals surface area contributed by atoms with E-state index in [9.17, 15) is 4.79 Å². The Labute approximate surface area is 158 Å². The average molecular weight is 379 g/mol. The third-order valence-electron chi connectivity index (χ3n) is 3.51. The van der Waals surface area contributed by atoms with Gasteiger partial charge in [-0.3, -0.25) is 4.79 Å². The quantitative estimate of drug-likeness (QED) is 0.684. The fraction of sp³-hybridized carbons (Fsp3) is 0.316. The van der Waals surface area contributed by atoms with E-state index in [1.807, 2.05) is 31.2 Å². The minimum Gasteiger partial charge on any atom is -0.495 e. The Morgan fingerprint density at radius 3 is 2.58 bits per heavy atom. The highest BCUT2D eigenvalue weighted by atomic mass is 35.5. The molecule has 0 fully saturated rings. The van der Waals surface area contributed by atoms with Gasteiger partial charge in [0.15, 0.2) is 0 Å². The predicted molar refractivity (Wildman–Crippen MR) is 104 cm³/mol. The Balaban J connectivity index is 1.98. The molecule has 26 heavy (non-hydrogen) atoms. The molecule has 0 bridgehead atoms. The zero-order chi connectivity index (χ0) is 18.9. The molecule has 0 spiro atoms. The molecule has 0 saturated heterocycles. The van der Waals surface area contributed by atoms with Crippen molar-refractivity contribution in [3.63, 3.8) is 0 Å². The van der Waals surface area contributed by atoms with Crippen LogP contribution in [0.15, 0.2) is 36.4 Å². The molecule has 2 aromatic carbocycles. The maximum atomic E-state index is 12.2. The monoisotopic (exact) mass is 378 g/mol. The molecule has 0 unspecified atom stereocenters. The van der Waals surface area contributed by atoms with E-state index < -0.39 is 0 Å². The minimum absolute atomic E-state index is 0.0873.